The second-order valence-corrected chi connectivity index (χ2v) is 9.16. The van der Waals surface area contributed by atoms with Crippen LogP contribution in [0, 0.1) is 6.92 Å². The van der Waals surface area contributed by atoms with Gasteiger partial charge in [0, 0.05) is 17.0 Å². The molecule has 1 amide bonds. The summed E-state index contributed by atoms with van der Waals surface area (Å²) in [6.45, 7) is 10.3. The van der Waals surface area contributed by atoms with Crippen LogP contribution in [0.4, 0.5) is 0 Å². The fraction of sp³-hybridized carbons (Fsp3) is 0.520. The van der Waals surface area contributed by atoms with Crippen molar-refractivity contribution in [1.82, 2.24) is 25.5 Å². The first-order chi connectivity index (χ1) is 15.5. The molecule has 4 heterocycles. The van der Waals surface area contributed by atoms with Gasteiger partial charge in [0.15, 0.2) is 0 Å². The number of amides is 1. The van der Waals surface area contributed by atoms with Crippen LogP contribution >= 0.6 is 0 Å². The van der Waals surface area contributed by atoms with Gasteiger partial charge in [-0.05, 0) is 87.8 Å². The molecule has 4 rings (SSSR count). The van der Waals surface area contributed by atoms with E-state index in [1.807, 2.05) is 12.1 Å². The molecule has 2 aromatic rings. The zero-order valence-electron chi connectivity index (χ0n) is 19.4. The maximum atomic E-state index is 12.5. The zero-order valence-corrected chi connectivity index (χ0v) is 19.4. The van der Waals surface area contributed by atoms with Gasteiger partial charge in [-0.25, -0.2) is 5.43 Å². The topological polar surface area (TPSA) is 86.3 Å². The van der Waals surface area contributed by atoms with Gasteiger partial charge in [0.05, 0.1) is 18.0 Å². The number of hydrogen-bond acceptors (Lipinski definition) is 5. The number of piperidine rings is 1. The van der Waals surface area contributed by atoms with Crippen molar-refractivity contribution in [1.29, 1.82) is 0 Å². The van der Waals surface area contributed by atoms with Crippen molar-refractivity contribution in [3.8, 4) is 0 Å². The Kier molecular flexibility index (Phi) is 7.15. The van der Waals surface area contributed by atoms with Crippen LogP contribution in [-0.2, 0) is 11.2 Å². The highest BCUT2D eigenvalue weighted by atomic mass is 16.2. The van der Waals surface area contributed by atoms with Crippen LogP contribution in [0.15, 0.2) is 29.1 Å². The largest absolute Gasteiger partial charge is 0.359 e. The fourth-order valence-corrected chi connectivity index (χ4v) is 4.89. The van der Waals surface area contributed by atoms with E-state index in [0.29, 0.717) is 17.2 Å². The number of rotatable bonds is 8. The average Bonchev–Trinajstić information content (AvgIpc) is 3.32. The summed E-state index contributed by atoms with van der Waals surface area (Å²) in [5, 5.41) is 12.0. The van der Waals surface area contributed by atoms with Crippen LogP contribution in [0.3, 0.4) is 0 Å². The van der Waals surface area contributed by atoms with Crippen LogP contribution in [0.5, 0.6) is 0 Å². The maximum Gasteiger partial charge on any atom is 0.273 e. The van der Waals surface area contributed by atoms with E-state index in [0.717, 1.165) is 17.7 Å². The second kappa shape index (κ2) is 10.2. The van der Waals surface area contributed by atoms with Gasteiger partial charge in [0.1, 0.15) is 5.71 Å². The summed E-state index contributed by atoms with van der Waals surface area (Å²) in [5.74, 6) is 0.165. The SMILES string of the molecule is Cc1[nH]c(/C=C2/C(=O)NN=C2c2ccnnc2)c(C(C)C)c1CCCCN1CCCCC1. The molecule has 170 valence electrons. The Balaban J connectivity index is 1.53. The van der Waals surface area contributed by atoms with Gasteiger partial charge in [-0.2, -0.15) is 15.3 Å². The number of nitrogens with zero attached hydrogens (tertiary/aromatic N) is 4. The first-order valence-corrected chi connectivity index (χ1v) is 11.9. The molecular formula is C25H34N6O. The summed E-state index contributed by atoms with van der Waals surface area (Å²) in [5.41, 5.74) is 9.43. The van der Waals surface area contributed by atoms with Crippen LogP contribution in [-0.4, -0.2) is 51.3 Å². The highest BCUT2D eigenvalue weighted by Gasteiger charge is 2.26. The number of carbonyl (C=O) groups excluding carboxylic acids is 1. The lowest BCUT2D eigenvalue weighted by molar-refractivity contribution is -0.116. The molecule has 0 unspecified atom stereocenters. The molecule has 0 aliphatic carbocycles. The molecule has 2 aliphatic heterocycles. The van der Waals surface area contributed by atoms with Crippen LogP contribution in [0.25, 0.3) is 6.08 Å². The normalized spacial score (nSPS) is 18.4. The zero-order chi connectivity index (χ0) is 22.5. The Hall–Kier alpha value is -2.80. The molecule has 0 spiro atoms. The molecule has 2 aliphatic rings. The number of aryl methyl sites for hydroxylation is 1. The minimum Gasteiger partial charge on any atom is -0.359 e. The third kappa shape index (κ3) is 4.99. The Morgan fingerprint density at radius 1 is 1.16 bits per heavy atom. The summed E-state index contributed by atoms with van der Waals surface area (Å²) in [4.78, 5) is 18.7. The summed E-state index contributed by atoms with van der Waals surface area (Å²) >= 11 is 0. The highest BCUT2D eigenvalue weighted by molar-refractivity contribution is 6.33. The van der Waals surface area contributed by atoms with Gasteiger partial charge in [0.25, 0.3) is 5.91 Å². The number of unbranched alkanes of at least 4 members (excludes halogenated alkanes) is 1. The van der Waals surface area contributed by atoms with Crippen molar-refractivity contribution in [3.63, 3.8) is 0 Å². The van der Waals surface area contributed by atoms with E-state index >= 15 is 0 Å². The first-order valence-electron chi connectivity index (χ1n) is 11.9. The van der Waals surface area contributed by atoms with Gasteiger partial charge < -0.3 is 9.88 Å². The minimum atomic E-state index is -0.193. The van der Waals surface area contributed by atoms with Crippen LogP contribution < -0.4 is 5.43 Å². The smallest absolute Gasteiger partial charge is 0.273 e. The maximum absolute atomic E-state index is 12.5. The Morgan fingerprint density at radius 2 is 1.97 bits per heavy atom. The number of aromatic amines is 1. The van der Waals surface area contributed by atoms with Crippen molar-refractivity contribution in [2.75, 3.05) is 19.6 Å². The third-order valence-electron chi connectivity index (χ3n) is 6.48. The number of H-pyrrole nitrogens is 1. The quantitative estimate of drug-likeness (QED) is 0.486. The van der Waals surface area contributed by atoms with Gasteiger partial charge in [0.2, 0.25) is 0 Å². The molecule has 0 radical (unpaired) electrons. The second-order valence-electron chi connectivity index (χ2n) is 9.16. The van der Waals surface area contributed by atoms with E-state index in [9.17, 15) is 4.79 Å². The molecule has 2 aromatic heterocycles. The fourth-order valence-electron chi connectivity index (χ4n) is 4.89. The number of nitrogens with one attached hydrogen (secondary N) is 2. The lowest BCUT2D eigenvalue weighted by Gasteiger charge is -2.26. The van der Waals surface area contributed by atoms with E-state index in [1.54, 1.807) is 12.4 Å². The Bertz CT molecular complexity index is 999. The van der Waals surface area contributed by atoms with Gasteiger partial charge in [-0.1, -0.05) is 20.3 Å². The standard InChI is InChI=1S/C25H34N6O/c1-17(2)23-20(9-5-8-14-31-12-6-4-7-13-31)18(3)28-22(23)15-21-24(29-30-25(21)32)19-10-11-26-27-16-19/h10-11,15-17,28H,4-9,12-14H2,1-3H3,(H,30,32)/b21-15+. The van der Waals surface area contributed by atoms with E-state index in [-0.39, 0.29) is 5.91 Å². The predicted molar refractivity (Wildman–Crippen MR) is 128 cm³/mol. The molecule has 1 saturated heterocycles. The summed E-state index contributed by atoms with van der Waals surface area (Å²) in [6.07, 6.45) is 12.7. The molecule has 0 aromatic carbocycles. The molecule has 2 N–H and O–H groups in total. The van der Waals surface area contributed by atoms with Gasteiger partial charge in [-0.3, -0.25) is 4.79 Å². The highest BCUT2D eigenvalue weighted by Crippen LogP contribution is 2.30. The van der Waals surface area contributed by atoms with Gasteiger partial charge >= 0.3 is 0 Å². The summed E-state index contributed by atoms with van der Waals surface area (Å²) in [6, 6.07) is 1.82. The molecule has 1 fully saturated rings. The monoisotopic (exact) mass is 434 g/mol. The molecule has 0 atom stereocenters. The van der Waals surface area contributed by atoms with Crippen molar-refractivity contribution >= 4 is 17.7 Å². The van der Waals surface area contributed by atoms with Crippen molar-refractivity contribution in [2.45, 2.75) is 65.2 Å². The van der Waals surface area contributed by atoms with Crippen molar-refractivity contribution in [2.24, 2.45) is 5.10 Å². The number of hydrogen-bond donors (Lipinski definition) is 2. The summed E-state index contributed by atoms with van der Waals surface area (Å²) in [7, 11) is 0. The molecular weight excluding hydrogens is 400 g/mol. The minimum absolute atomic E-state index is 0.193. The van der Waals surface area contributed by atoms with E-state index in [4.69, 9.17) is 0 Å². The Morgan fingerprint density at radius 3 is 2.69 bits per heavy atom. The van der Waals surface area contributed by atoms with E-state index < -0.39 is 0 Å². The molecule has 32 heavy (non-hydrogen) atoms. The number of aromatic nitrogens is 3. The van der Waals surface area contributed by atoms with Crippen LogP contribution in [0.2, 0.25) is 0 Å². The number of carbonyl (C=O) groups is 1. The predicted octanol–water partition coefficient (Wildman–Crippen LogP) is 3.96. The molecule has 0 saturated carbocycles. The lowest BCUT2D eigenvalue weighted by Crippen LogP contribution is -2.30. The average molecular weight is 435 g/mol. The van der Waals surface area contributed by atoms with Crippen LogP contribution in [0.1, 0.15) is 79.9 Å². The first kappa shape index (κ1) is 22.4. The van der Waals surface area contributed by atoms with E-state index in [1.165, 1.54) is 68.6 Å². The molecule has 7 nitrogen and oxygen atoms in total. The molecule has 7 heteroatoms. The van der Waals surface area contributed by atoms with E-state index in [2.05, 4.69) is 51.4 Å². The third-order valence-corrected chi connectivity index (χ3v) is 6.48. The van der Waals surface area contributed by atoms with Crippen molar-refractivity contribution < 1.29 is 4.79 Å². The Labute approximate surface area is 190 Å². The number of likely N-dealkylation sites (tertiary alicyclic amines) is 1. The number of hydrazone groups is 1. The summed E-state index contributed by atoms with van der Waals surface area (Å²) < 4.78 is 0. The van der Waals surface area contributed by atoms with Gasteiger partial charge in [-0.15, -0.1) is 0 Å². The van der Waals surface area contributed by atoms with Crippen molar-refractivity contribution in [3.05, 3.63) is 52.1 Å². The lowest BCUT2D eigenvalue weighted by atomic mass is 9.93. The molecule has 0 bridgehead atoms.